The first-order valence-electron chi connectivity index (χ1n) is 9.51. The molecule has 0 aliphatic carbocycles. The van der Waals surface area contributed by atoms with Crippen molar-refractivity contribution < 1.29 is 18.7 Å². The first-order chi connectivity index (χ1) is 14.1. The summed E-state index contributed by atoms with van der Waals surface area (Å²) >= 11 is 0. The average molecular weight is 389 g/mol. The van der Waals surface area contributed by atoms with Crippen LogP contribution in [0.3, 0.4) is 0 Å². The van der Waals surface area contributed by atoms with Crippen molar-refractivity contribution in [3.8, 4) is 0 Å². The van der Waals surface area contributed by atoms with Gasteiger partial charge in [-0.2, -0.15) is 0 Å². The summed E-state index contributed by atoms with van der Waals surface area (Å²) in [6.07, 6.45) is 0.786. The molecule has 0 bridgehead atoms. The zero-order valence-corrected chi connectivity index (χ0v) is 15.7. The zero-order valence-electron chi connectivity index (χ0n) is 15.7. The Labute approximate surface area is 168 Å². The highest BCUT2D eigenvalue weighted by Gasteiger charge is 2.28. The number of cyclic esters (lactones) is 1. The van der Waals surface area contributed by atoms with Crippen molar-refractivity contribution in [1.82, 2.24) is 5.32 Å². The van der Waals surface area contributed by atoms with Gasteiger partial charge in [0.25, 0.3) is 5.91 Å². The van der Waals surface area contributed by atoms with Gasteiger partial charge in [0.1, 0.15) is 11.9 Å². The van der Waals surface area contributed by atoms with Crippen molar-refractivity contribution in [1.29, 1.82) is 0 Å². The lowest BCUT2D eigenvalue weighted by atomic mass is 9.93. The third kappa shape index (κ3) is 4.35. The quantitative estimate of drug-likeness (QED) is 0.664. The average Bonchev–Trinajstić information content (AvgIpc) is 2.75. The Bertz CT molecular complexity index is 1030. The smallest absolute Gasteiger partial charge is 0.339 e. The lowest BCUT2D eigenvalue weighted by Crippen LogP contribution is -2.27. The van der Waals surface area contributed by atoms with Gasteiger partial charge in [-0.3, -0.25) is 4.79 Å². The molecular formula is C24H20FNO3. The molecule has 3 aromatic rings. The Kier molecular flexibility index (Phi) is 5.38. The SMILES string of the molecule is O=C(NCCc1ccc(F)cc1)c1ccc2c(c1)C[C@@H](c1ccccc1)OC2=O. The van der Waals surface area contributed by atoms with E-state index < -0.39 is 0 Å². The fraction of sp³-hybridized carbons (Fsp3) is 0.167. The number of carbonyl (C=O) groups is 2. The lowest BCUT2D eigenvalue weighted by Gasteiger charge is -2.25. The number of amides is 1. The van der Waals surface area contributed by atoms with E-state index in [1.165, 1.54) is 12.1 Å². The maximum atomic E-state index is 13.0. The third-order valence-corrected chi connectivity index (χ3v) is 5.03. The van der Waals surface area contributed by atoms with Crippen LogP contribution in [-0.2, 0) is 17.6 Å². The van der Waals surface area contributed by atoms with Gasteiger partial charge in [0, 0.05) is 18.5 Å². The Balaban J connectivity index is 1.43. The van der Waals surface area contributed by atoms with Crippen LogP contribution in [0.4, 0.5) is 4.39 Å². The van der Waals surface area contributed by atoms with Gasteiger partial charge in [-0.1, -0.05) is 42.5 Å². The van der Waals surface area contributed by atoms with Crippen molar-refractivity contribution >= 4 is 11.9 Å². The summed E-state index contributed by atoms with van der Waals surface area (Å²) in [5, 5.41) is 2.87. The van der Waals surface area contributed by atoms with Crippen molar-refractivity contribution in [2.45, 2.75) is 18.9 Å². The van der Waals surface area contributed by atoms with Crippen LogP contribution in [-0.4, -0.2) is 18.4 Å². The minimum absolute atomic E-state index is 0.204. The maximum Gasteiger partial charge on any atom is 0.339 e. The van der Waals surface area contributed by atoms with Gasteiger partial charge >= 0.3 is 5.97 Å². The minimum atomic E-state index is -0.372. The summed E-state index contributed by atoms with van der Waals surface area (Å²) in [7, 11) is 0. The molecule has 146 valence electrons. The van der Waals surface area contributed by atoms with E-state index in [0.717, 1.165) is 16.7 Å². The normalized spacial score (nSPS) is 15.3. The predicted octanol–water partition coefficient (Wildman–Crippen LogP) is 4.25. The molecule has 1 N–H and O–H groups in total. The molecule has 4 nitrogen and oxygen atoms in total. The van der Waals surface area contributed by atoms with E-state index in [0.29, 0.717) is 30.5 Å². The standard InChI is InChI=1S/C24H20FNO3/c25-20-9-6-16(7-10-20)12-13-26-23(27)18-8-11-21-19(14-18)15-22(29-24(21)28)17-4-2-1-3-5-17/h1-11,14,22H,12-13,15H2,(H,26,27)/t22-/m0/s1. The molecule has 0 aromatic heterocycles. The molecule has 4 rings (SSSR count). The Morgan fingerprint density at radius 2 is 1.79 bits per heavy atom. The van der Waals surface area contributed by atoms with Crippen LogP contribution in [0.5, 0.6) is 0 Å². The molecule has 1 aliphatic heterocycles. The molecule has 29 heavy (non-hydrogen) atoms. The van der Waals surface area contributed by atoms with Crippen LogP contribution in [0.2, 0.25) is 0 Å². The first kappa shape index (κ1) is 18.9. The molecule has 0 saturated carbocycles. The van der Waals surface area contributed by atoms with Gasteiger partial charge in [-0.15, -0.1) is 0 Å². The number of hydrogen-bond donors (Lipinski definition) is 1. The van der Waals surface area contributed by atoms with Gasteiger partial charge in [0.2, 0.25) is 0 Å². The highest BCUT2D eigenvalue weighted by Crippen LogP contribution is 2.31. The summed E-state index contributed by atoms with van der Waals surface area (Å²) in [6, 6.07) is 20.8. The molecule has 0 radical (unpaired) electrons. The van der Waals surface area contributed by atoms with E-state index in [4.69, 9.17) is 4.74 Å². The van der Waals surface area contributed by atoms with E-state index in [1.54, 1.807) is 30.3 Å². The van der Waals surface area contributed by atoms with Crippen LogP contribution < -0.4 is 5.32 Å². The second-order valence-electron chi connectivity index (χ2n) is 7.01. The Morgan fingerprint density at radius 1 is 1.03 bits per heavy atom. The summed E-state index contributed by atoms with van der Waals surface area (Å²) in [6.45, 7) is 0.441. The number of rotatable bonds is 5. The Morgan fingerprint density at radius 3 is 2.55 bits per heavy atom. The van der Waals surface area contributed by atoms with Crippen LogP contribution >= 0.6 is 0 Å². The summed E-state index contributed by atoms with van der Waals surface area (Å²) in [5.74, 6) is -0.854. The van der Waals surface area contributed by atoms with E-state index >= 15 is 0 Å². The minimum Gasteiger partial charge on any atom is -0.454 e. The molecule has 5 heteroatoms. The van der Waals surface area contributed by atoms with E-state index in [1.807, 2.05) is 30.3 Å². The predicted molar refractivity (Wildman–Crippen MR) is 107 cm³/mol. The number of esters is 1. The largest absolute Gasteiger partial charge is 0.454 e. The van der Waals surface area contributed by atoms with Gasteiger partial charge in [0.05, 0.1) is 5.56 Å². The number of ether oxygens (including phenoxy) is 1. The number of benzene rings is 3. The zero-order chi connectivity index (χ0) is 20.2. The monoisotopic (exact) mass is 389 g/mol. The van der Waals surface area contributed by atoms with Gasteiger partial charge in [-0.05, 0) is 53.4 Å². The molecule has 0 saturated heterocycles. The summed E-state index contributed by atoms with van der Waals surface area (Å²) < 4.78 is 18.5. The highest BCUT2D eigenvalue weighted by atomic mass is 19.1. The number of carbonyl (C=O) groups excluding carboxylic acids is 2. The molecule has 1 heterocycles. The van der Waals surface area contributed by atoms with Gasteiger partial charge in [0.15, 0.2) is 0 Å². The number of nitrogens with one attached hydrogen (secondary N) is 1. The third-order valence-electron chi connectivity index (χ3n) is 5.03. The van der Waals surface area contributed by atoms with Crippen LogP contribution in [0.15, 0.2) is 72.8 Å². The van der Waals surface area contributed by atoms with Crippen molar-refractivity contribution in [2.24, 2.45) is 0 Å². The molecule has 0 fully saturated rings. The lowest BCUT2D eigenvalue weighted by molar-refractivity contribution is 0.0252. The van der Waals surface area contributed by atoms with Crippen molar-refractivity contribution in [3.63, 3.8) is 0 Å². The second kappa shape index (κ2) is 8.27. The van der Waals surface area contributed by atoms with Crippen molar-refractivity contribution in [2.75, 3.05) is 6.54 Å². The highest BCUT2D eigenvalue weighted by molar-refractivity contribution is 5.97. The van der Waals surface area contributed by atoms with E-state index in [-0.39, 0.29) is 23.8 Å². The van der Waals surface area contributed by atoms with Crippen molar-refractivity contribution in [3.05, 3.63) is 106 Å². The number of fused-ring (bicyclic) bond motifs is 1. The molecule has 0 spiro atoms. The molecule has 1 amide bonds. The van der Waals surface area contributed by atoms with Crippen LogP contribution in [0, 0.1) is 5.82 Å². The van der Waals surface area contributed by atoms with Gasteiger partial charge in [-0.25, -0.2) is 9.18 Å². The molecule has 1 aliphatic rings. The topological polar surface area (TPSA) is 55.4 Å². The second-order valence-corrected chi connectivity index (χ2v) is 7.01. The van der Waals surface area contributed by atoms with Crippen LogP contribution in [0.25, 0.3) is 0 Å². The van der Waals surface area contributed by atoms with E-state index in [9.17, 15) is 14.0 Å². The van der Waals surface area contributed by atoms with E-state index in [2.05, 4.69) is 5.32 Å². The van der Waals surface area contributed by atoms with Gasteiger partial charge < -0.3 is 10.1 Å². The molecular weight excluding hydrogens is 369 g/mol. The Hall–Kier alpha value is -3.47. The molecule has 3 aromatic carbocycles. The fourth-order valence-electron chi connectivity index (χ4n) is 3.46. The summed E-state index contributed by atoms with van der Waals surface area (Å²) in [5.41, 5.74) is 3.69. The number of hydrogen-bond acceptors (Lipinski definition) is 3. The number of halogens is 1. The molecule has 1 atom stereocenters. The fourth-order valence-corrected chi connectivity index (χ4v) is 3.46. The molecule has 0 unspecified atom stereocenters. The first-order valence-corrected chi connectivity index (χ1v) is 9.51. The maximum absolute atomic E-state index is 13.0. The van der Waals surface area contributed by atoms with Crippen LogP contribution in [0.1, 0.15) is 43.5 Å². The summed E-state index contributed by atoms with van der Waals surface area (Å²) in [4.78, 5) is 24.9.